The Morgan fingerprint density at radius 3 is 3.16 bits per heavy atom. The molecule has 0 radical (unpaired) electrons. The summed E-state index contributed by atoms with van der Waals surface area (Å²) in [5.41, 5.74) is 2.05. The summed E-state index contributed by atoms with van der Waals surface area (Å²) in [5.74, 6) is 1.60. The topological polar surface area (TPSA) is 63.9 Å². The molecule has 3 aromatic rings. The van der Waals surface area contributed by atoms with E-state index in [-0.39, 0.29) is 5.92 Å². The second kappa shape index (κ2) is 4.20. The molecule has 1 saturated heterocycles. The minimum Gasteiger partial charge on any atom is -0.381 e. The van der Waals surface area contributed by atoms with Gasteiger partial charge in [-0.05, 0) is 30.7 Å². The van der Waals surface area contributed by atoms with Gasteiger partial charge in [-0.15, -0.1) is 0 Å². The Balaban J connectivity index is 1.70. The molecule has 0 spiro atoms. The first-order valence-electron chi connectivity index (χ1n) is 6.39. The standard InChI is InChI=1S/C14H13N3O2/c1-2-12-9(3-5-15-12)7-10(1)14-16-13(17-19-14)11-4-6-18-8-11/h1-3,5,7,11,15H,4,6,8H2/t11-/m0/s1. The van der Waals surface area contributed by atoms with Crippen LogP contribution in [-0.2, 0) is 4.74 Å². The third-order valence-corrected chi connectivity index (χ3v) is 3.54. The molecule has 3 heterocycles. The Morgan fingerprint density at radius 2 is 2.26 bits per heavy atom. The van der Waals surface area contributed by atoms with E-state index in [9.17, 15) is 0 Å². The van der Waals surface area contributed by atoms with Crippen molar-refractivity contribution in [3.8, 4) is 11.5 Å². The van der Waals surface area contributed by atoms with Crippen molar-refractivity contribution in [2.75, 3.05) is 13.2 Å². The van der Waals surface area contributed by atoms with Crippen molar-refractivity contribution in [2.24, 2.45) is 0 Å². The molecular formula is C14H13N3O2. The van der Waals surface area contributed by atoms with Crippen LogP contribution in [0, 0.1) is 0 Å². The number of rotatable bonds is 2. The van der Waals surface area contributed by atoms with E-state index in [2.05, 4.69) is 15.1 Å². The minimum absolute atomic E-state index is 0.272. The maximum atomic E-state index is 5.36. The molecule has 0 saturated carbocycles. The first-order chi connectivity index (χ1) is 9.40. The number of H-pyrrole nitrogens is 1. The van der Waals surface area contributed by atoms with Crippen molar-refractivity contribution in [2.45, 2.75) is 12.3 Å². The van der Waals surface area contributed by atoms with Crippen molar-refractivity contribution in [3.63, 3.8) is 0 Å². The zero-order chi connectivity index (χ0) is 12.7. The van der Waals surface area contributed by atoms with Crippen LogP contribution < -0.4 is 0 Å². The molecule has 1 atom stereocenters. The normalized spacial score (nSPS) is 19.3. The highest BCUT2D eigenvalue weighted by Gasteiger charge is 2.23. The summed E-state index contributed by atoms with van der Waals surface area (Å²) in [7, 11) is 0. The Labute approximate surface area is 109 Å². The van der Waals surface area contributed by atoms with Crippen LogP contribution in [0.4, 0.5) is 0 Å². The van der Waals surface area contributed by atoms with Crippen LogP contribution in [0.15, 0.2) is 35.0 Å². The molecule has 96 valence electrons. The number of fused-ring (bicyclic) bond motifs is 1. The lowest BCUT2D eigenvalue weighted by Gasteiger charge is -1.98. The summed E-state index contributed by atoms with van der Waals surface area (Å²) in [6.07, 6.45) is 2.89. The highest BCUT2D eigenvalue weighted by molar-refractivity contribution is 5.83. The second-order valence-electron chi connectivity index (χ2n) is 4.80. The first kappa shape index (κ1) is 10.8. The molecule has 0 bridgehead atoms. The van der Waals surface area contributed by atoms with Crippen LogP contribution in [0.25, 0.3) is 22.4 Å². The molecule has 0 aliphatic carbocycles. The predicted molar refractivity (Wildman–Crippen MR) is 69.8 cm³/mol. The third kappa shape index (κ3) is 1.82. The Morgan fingerprint density at radius 1 is 1.26 bits per heavy atom. The Kier molecular flexibility index (Phi) is 2.38. The second-order valence-corrected chi connectivity index (χ2v) is 4.80. The maximum absolute atomic E-state index is 5.36. The number of hydrogen-bond donors (Lipinski definition) is 1. The molecule has 1 aliphatic heterocycles. The molecule has 0 amide bonds. The van der Waals surface area contributed by atoms with Crippen LogP contribution in [0.5, 0.6) is 0 Å². The number of benzene rings is 1. The van der Waals surface area contributed by atoms with Gasteiger partial charge in [0.05, 0.1) is 6.61 Å². The van der Waals surface area contributed by atoms with Gasteiger partial charge in [0.25, 0.3) is 5.89 Å². The first-order valence-corrected chi connectivity index (χ1v) is 6.39. The van der Waals surface area contributed by atoms with Crippen molar-refractivity contribution >= 4 is 10.9 Å². The molecule has 4 rings (SSSR count). The van der Waals surface area contributed by atoms with Gasteiger partial charge < -0.3 is 14.2 Å². The van der Waals surface area contributed by atoms with Gasteiger partial charge in [0.15, 0.2) is 5.82 Å². The van der Waals surface area contributed by atoms with Crippen LogP contribution in [-0.4, -0.2) is 28.3 Å². The van der Waals surface area contributed by atoms with Gasteiger partial charge in [-0.2, -0.15) is 4.98 Å². The average molecular weight is 255 g/mol. The number of nitrogens with one attached hydrogen (secondary N) is 1. The minimum atomic E-state index is 0.272. The number of aromatic amines is 1. The van der Waals surface area contributed by atoms with Gasteiger partial charge >= 0.3 is 0 Å². The fourth-order valence-corrected chi connectivity index (χ4v) is 2.44. The summed E-state index contributed by atoms with van der Waals surface area (Å²) < 4.78 is 10.7. The summed E-state index contributed by atoms with van der Waals surface area (Å²) >= 11 is 0. The van der Waals surface area contributed by atoms with Crippen LogP contribution in [0.3, 0.4) is 0 Å². The summed E-state index contributed by atoms with van der Waals surface area (Å²) in [6.45, 7) is 1.47. The quantitative estimate of drug-likeness (QED) is 0.764. The number of hydrogen-bond acceptors (Lipinski definition) is 4. The number of aromatic nitrogens is 3. The summed E-state index contributed by atoms with van der Waals surface area (Å²) in [5, 5.41) is 5.21. The molecule has 19 heavy (non-hydrogen) atoms. The van der Waals surface area contributed by atoms with E-state index in [1.807, 2.05) is 30.5 Å². The van der Waals surface area contributed by atoms with Gasteiger partial charge in [-0.1, -0.05) is 5.16 Å². The fourth-order valence-electron chi connectivity index (χ4n) is 2.44. The van der Waals surface area contributed by atoms with Crippen molar-refractivity contribution in [3.05, 3.63) is 36.3 Å². The Bertz CT molecular complexity index is 710. The molecule has 5 nitrogen and oxygen atoms in total. The molecule has 5 heteroatoms. The lowest BCUT2D eigenvalue weighted by Crippen LogP contribution is -1.99. The van der Waals surface area contributed by atoms with E-state index < -0.39 is 0 Å². The van der Waals surface area contributed by atoms with Crippen molar-refractivity contribution in [1.82, 2.24) is 15.1 Å². The molecule has 2 aromatic heterocycles. The Hall–Kier alpha value is -2.14. The van der Waals surface area contributed by atoms with E-state index in [0.717, 1.165) is 35.3 Å². The summed E-state index contributed by atoms with van der Waals surface area (Å²) in [4.78, 5) is 7.65. The van der Waals surface area contributed by atoms with Crippen LogP contribution >= 0.6 is 0 Å². The van der Waals surface area contributed by atoms with Gasteiger partial charge in [0.1, 0.15) is 0 Å². The smallest absolute Gasteiger partial charge is 0.257 e. The molecule has 1 fully saturated rings. The lowest BCUT2D eigenvalue weighted by atomic mass is 10.1. The highest BCUT2D eigenvalue weighted by Crippen LogP contribution is 2.27. The summed E-state index contributed by atoms with van der Waals surface area (Å²) in [6, 6.07) is 8.09. The van der Waals surface area contributed by atoms with Crippen LogP contribution in [0.1, 0.15) is 18.2 Å². The average Bonchev–Trinajstić information content (AvgIpc) is 3.18. The van der Waals surface area contributed by atoms with Gasteiger partial charge in [-0.25, -0.2) is 0 Å². The lowest BCUT2D eigenvalue weighted by molar-refractivity contribution is 0.192. The van der Waals surface area contributed by atoms with E-state index in [1.54, 1.807) is 0 Å². The number of ether oxygens (including phenoxy) is 1. The van der Waals surface area contributed by atoms with Gasteiger partial charge in [-0.3, -0.25) is 0 Å². The maximum Gasteiger partial charge on any atom is 0.257 e. The van der Waals surface area contributed by atoms with E-state index in [1.165, 1.54) is 0 Å². The molecule has 0 unspecified atom stereocenters. The molecule has 1 aliphatic rings. The SMILES string of the molecule is c1cc2cc(-c3nc([C@H]4CCOC4)no3)ccc2[nH]1. The molecule has 1 aromatic carbocycles. The fraction of sp³-hybridized carbons (Fsp3) is 0.286. The van der Waals surface area contributed by atoms with Crippen molar-refractivity contribution < 1.29 is 9.26 Å². The number of nitrogens with zero attached hydrogens (tertiary/aromatic N) is 2. The van der Waals surface area contributed by atoms with Crippen LogP contribution in [0.2, 0.25) is 0 Å². The van der Waals surface area contributed by atoms with E-state index >= 15 is 0 Å². The van der Waals surface area contributed by atoms with E-state index in [4.69, 9.17) is 9.26 Å². The third-order valence-electron chi connectivity index (χ3n) is 3.54. The van der Waals surface area contributed by atoms with Crippen molar-refractivity contribution in [1.29, 1.82) is 0 Å². The van der Waals surface area contributed by atoms with Gasteiger partial charge in [0, 0.05) is 35.2 Å². The largest absolute Gasteiger partial charge is 0.381 e. The van der Waals surface area contributed by atoms with E-state index in [0.29, 0.717) is 12.5 Å². The monoisotopic (exact) mass is 255 g/mol. The van der Waals surface area contributed by atoms with Gasteiger partial charge in [0.2, 0.25) is 0 Å². The highest BCUT2D eigenvalue weighted by atomic mass is 16.5. The molecular weight excluding hydrogens is 242 g/mol. The zero-order valence-corrected chi connectivity index (χ0v) is 10.3. The predicted octanol–water partition coefficient (Wildman–Crippen LogP) is 2.72. The molecule has 1 N–H and O–H groups in total. The zero-order valence-electron chi connectivity index (χ0n) is 10.3.